The Morgan fingerprint density at radius 3 is 2.80 bits per heavy atom. The molecule has 2 heterocycles. The van der Waals surface area contributed by atoms with Crippen LogP contribution in [0.3, 0.4) is 0 Å². The second kappa shape index (κ2) is 8.05. The summed E-state index contributed by atoms with van der Waals surface area (Å²) in [5.74, 6) is -0.126. The Morgan fingerprint density at radius 2 is 2.00 bits per heavy atom. The Labute approximate surface area is 180 Å². The lowest BCUT2D eigenvalue weighted by atomic mass is 9.82. The summed E-state index contributed by atoms with van der Waals surface area (Å²) in [6.07, 6.45) is 1.26. The van der Waals surface area contributed by atoms with Gasteiger partial charge in [-0.1, -0.05) is 30.3 Å². The highest BCUT2D eigenvalue weighted by Gasteiger charge is 2.42. The number of benzene rings is 2. The zero-order chi connectivity index (χ0) is 21.4. The Kier molecular flexibility index (Phi) is 5.61. The molecule has 1 fully saturated rings. The van der Waals surface area contributed by atoms with Crippen molar-refractivity contribution in [2.45, 2.75) is 38.1 Å². The molecule has 0 spiro atoms. The molecule has 1 saturated heterocycles. The highest BCUT2D eigenvalue weighted by Crippen LogP contribution is 2.34. The fraction of sp³-hybridized carbons (Fsp3) is 0.381. The summed E-state index contributed by atoms with van der Waals surface area (Å²) in [7, 11) is -3.78. The molecule has 0 radical (unpaired) electrons. The van der Waals surface area contributed by atoms with Crippen molar-refractivity contribution in [2.24, 2.45) is 5.41 Å². The monoisotopic (exact) mass is 444 g/mol. The van der Waals surface area contributed by atoms with E-state index in [2.05, 4.69) is 14.1 Å². The Bertz CT molecular complexity index is 1190. The maximum Gasteiger partial charge on any atom is 0.245 e. The van der Waals surface area contributed by atoms with Gasteiger partial charge in [0, 0.05) is 19.6 Å². The van der Waals surface area contributed by atoms with E-state index < -0.39 is 15.4 Å². The van der Waals surface area contributed by atoms with Crippen LogP contribution < -0.4 is 5.32 Å². The predicted molar refractivity (Wildman–Crippen MR) is 117 cm³/mol. The largest absolute Gasteiger partial charge is 0.352 e. The third kappa shape index (κ3) is 3.84. The van der Waals surface area contributed by atoms with Gasteiger partial charge >= 0.3 is 0 Å². The Hall–Kier alpha value is -2.36. The van der Waals surface area contributed by atoms with Crippen molar-refractivity contribution in [3.8, 4) is 0 Å². The summed E-state index contributed by atoms with van der Waals surface area (Å²) in [5.41, 5.74) is 2.33. The van der Waals surface area contributed by atoms with Gasteiger partial charge < -0.3 is 5.32 Å². The number of hydrogen-bond acceptors (Lipinski definition) is 6. The zero-order valence-corrected chi connectivity index (χ0v) is 18.6. The first kappa shape index (κ1) is 20.9. The highest BCUT2D eigenvalue weighted by atomic mass is 32.2. The SMILES string of the molecule is Cc1ccccc1CNC(=O)[C@]1(C)CCCN(S(=O)(=O)c2cccc3nsnc23)C1. The molecular weight excluding hydrogens is 420 g/mol. The minimum Gasteiger partial charge on any atom is -0.352 e. The van der Waals surface area contributed by atoms with Gasteiger partial charge in [0.05, 0.1) is 17.1 Å². The van der Waals surface area contributed by atoms with E-state index in [0.29, 0.717) is 37.0 Å². The van der Waals surface area contributed by atoms with Crippen LogP contribution in [0, 0.1) is 12.3 Å². The molecule has 0 bridgehead atoms. The fourth-order valence-corrected chi connectivity index (χ4v) is 6.26. The molecule has 0 unspecified atom stereocenters. The number of fused-ring (bicyclic) bond motifs is 1. The van der Waals surface area contributed by atoms with Crippen LogP contribution in [-0.2, 0) is 21.4 Å². The summed E-state index contributed by atoms with van der Waals surface area (Å²) in [6.45, 7) is 4.80. The van der Waals surface area contributed by atoms with Gasteiger partial charge in [0.1, 0.15) is 15.9 Å². The Balaban J connectivity index is 1.54. The second-order valence-electron chi connectivity index (χ2n) is 8.00. The van der Waals surface area contributed by atoms with Gasteiger partial charge in [-0.05, 0) is 49.9 Å². The van der Waals surface area contributed by atoms with Crippen molar-refractivity contribution >= 4 is 38.7 Å². The molecule has 4 rings (SSSR count). The number of hydrogen-bond donors (Lipinski definition) is 1. The van der Waals surface area contributed by atoms with Crippen LogP contribution in [0.4, 0.5) is 0 Å². The molecule has 1 amide bonds. The number of amides is 1. The molecular formula is C21H24N4O3S2. The summed E-state index contributed by atoms with van der Waals surface area (Å²) < 4.78 is 36.5. The maximum absolute atomic E-state index is 13.4. The van der Waals surface area contributed by atoms with Crippen LogP contribution in [0.25, 0.3) is 11.0 Å². The highest BCUT2D eigenvalue weighted by molar-refractivity contribution is 7.89. The number of carbonyl (C=O) groups excluding carboxylic acids is 1. The number of aryl methyl sites for hydroxylation is 1. The van der Waals surface area contributed by atoms with Gasteiger partial charge in [-0.2, -0.15) is 13.1 Å². The molecule has 0 aliphatic carbocycles. The lowest BCUT2D eigenvalue weighted by Gasteiger charge is -2.38. The number of rotatable bonds is 5. The number of nitrogens with one attached hydrogen (secondary N) is 1. The first-order chi connectivity index (χ1) is 14.3. The maximum atomic E-state index is 13.4. The van der Waals surface area contributed by atoms with Crippen LogP contribution in [0.5, 0.6) is 0 Å². The molecule has 7 nitrogen and oxygen atoms in total. The van der Waals surface area contributed by atoms with Crippen molar-refractivity contribution in [2.75, 3.05) is 13.1 Å². The van der Waals surface area contributed by atoms with Gasteiger partial charge in [-0.3, -0.25) is 4.79 Å². The quantitative estimate of drug-likeness (QED) is 0.653. The molecule has 1 N–H and O–H groups in total. The van der Waals surface area contributed by atoms with E-state index in [-0.39, 0.29) is 17.3 Å². The molecule has 1 aliphatic heterocycles. The summed E-state index contributed by atoms with van der Waals surface area (Å²) in [4.78, 5) is 13.2. The minimum absolute atomic E-state index is 0.126. The van der Waals surface area contributed by atoms with Crippen molar-refractivity contribution in [1.29, 1.82) is 0 Å². The lowest BCUT2D eigenvalue weighted by Crippen LogP contribution is -2.51. The van der Waals surface area contributed by atoms with Crippen LogP contribution in [0.15, 0.2) is 47.4 Å². The number of aromatic nitrogens is 2. The third-order valence-electron chi connectivity index (χ3n) is 5.78. The van der Waals surface area contributed by atoms with Crippen molar-refractivity contribution in [3.63, 3.8) is 0 Å². The van der Waals surface area contributed by atoms with E-state index >= 15 is 0 Å². The summed E-state index contributed by atoms with van der Waals surface area (Å²) in [5, 5.41) is 3.01. The smallest absolute Gasteiger partial charge is 0.245 e. The average molecular weight is 445 g/mol. The number of carbonyl (C=O) groups is 1. The van der Waals surface area contributed by atoms with Crippen LogP contribution in [-0.4, -0.2) is 40.5 Å². The molecule has 3 aromatic rings. The lowest BCUT2D eigenvalue weighted by molar-refractivity contribution is -0.132. The van der Waals surface area contributed by atoms with E-state index in [4.69, 9.17) is 0 Å². The van der Waals surface area contributed by atoms with Gasteiger partial charge in [0.2, 0.25) is 15.9 Å². The van der Waals surface area contributed by atoms with E-state index in [1.54, 1.807) is 18.2 Å². The first-order valence-electron chi connectivity index (χ1n) is 9.85. The Morgan fingerprint density at radius 1 is 1.20 bits per heavy atom. The van der Waals surface area contributed by atoms with Gasteiger partial charge in [-0.15, -0.1) is 0 Å². The molecule has 1 aromatic heterocycles. The molecule has 0 saturated carbocycles. The molecule has 30 heavy (non-hydrogen) atoms. The number of sulfonamides is 1. The van der Waals surface area contributed by atoms with E-state index in [0.717, 1.165) is 22.9 Å². The van der Waals surface area contributed by atoms with Crippen LogP contribution in [0.2, 0.25) is 0 Å². The van der Waals surface area contributed by atoms with E-state index in [1.165, 1.54) is 4.31 Å². The first-order valence-corrected chi connectivity index (χ1v) is 12.0. The second-order valence-corrected chi connectivity index (χ2v) is 10.4. The van der Waals surface area contributed by atoms with Crippen molar-refractivity contribution < 1.29 is 13.2 Å². The van der Waals surface area contributed by atoms with E-state index in [9.17, 15) is 13.2 Å². The summed E-state index contributed by atoms with van der Waals surface area (Å²) in [6, 6.07) is 12.9. The minimum atomic E-state index is -3.78. The molecule has 2 aromatic carbocycles. The number of piperidine rings is 1. The van der Waals surface area contributed by atoms with Crippen molar-refractivity contribution in [3.05, 3.63) is 53.6 Å². The van der Waals surface area contributed by atoms with Gasteiger partial charge in [0.25, 0.3) is 0 Å². The third-order valence-corrected chi connectivity index (χ3v) is 8.20. The molecule has 1 aliphatic rings. The average Bonchev–Trinajstić information content (AvgIpc) is 3.21. The van der Waals surface area contributed by atoms with Crippen LogP contribution in [0.1, 0.15) is 30.9 Å². The number of nitrogens with zero attached hydrogens (tertiary/aromatic N) is 3. The molecule has 1 atom stereocenters. The van der Waals surface area contributed by atoms with Crippen LogP contribution >= 0.6 is 11.7 Å². The zero-order valence-electron chi connectivity index (χ0n) is 17.0. The summed E-state index contributed by atoms with van der Waals surface area (Å²) >= 11 is 0.993. The molecule has 9 heteroatoms. The fourth-order valence-electron chi connectivity index (χ4n) is 3.91. The van der Waals surface area contributed by atoms with Crippen molar-refractivity contribution in [1.82, 2.24) is 18.4 Å². The van der Waals surface area contributed by atoms with Gasteiger partial charge in [-0.25, -0.2) is 8.42 Å². The predicted octanol–water partition coefficient (Wildman–Crippen LogP) is 3.11. The standard InChI is InChI=1S/C21H24N4O3S2/c1-15-7-3-4-8-16(15)13-22-20(26)21(2)11-6-12-25(14-21)30(27,28)18-10-5-9-17-19(18)24-29-23-17/h3-5,7-10H,6,11-14H2,1-2H3,(H,22,26)/t21-/m1/s1. The molecule has 158 valence electrons. The van der Waals surface area contributed by atoms with Gasteiger partial charge in [0.15, 0.2) is 0 Å². The normalized spacial score (nSPS) is 20.3. The van der Waals surface area contributed by atoms with E-state index in [1.807, 2.05) is 38.1 Å². The topological polar surface area (TPSA) is 92.3 Å².